The molecule has 5 nitrogen and oxygen atoms in total. The second-order valence-corrected chi connectivity index (χ2v) is 5.95. The van der Waals surface area contributed by atoms with E-state index >= 15 is 0 Å². The third-order valence-electron chi connectivity index (χ3n) is 3.28. The van der Waals surface area contributed by atoms with Crippen molar-refractivity contribution in [3.05, 3.63) is 39.6 Å². The van der Waals surface area contributed by atoms with Crippen LogP contribution in [-0.2, 0) is 6.61 Å². The average molecular weight is 370 g/mol. The Morgan fingerprint density at radius 2 is 1.90 bits per heavy atom. The van der Waals surface area contributed by atoms with E-state index in [9.17, 15) is 0 Å². The molecule has 0 aliphatic carbocycles. The van der Waals surface area contributed by atoms with E-state index in [4.69, 9.17) is 16.3 Å². The Labute approximate surface area is 136 Å². The lowest BCUT2D eigenvalue weighted by atomic mass is 10.2. The van der Waals surface area contributed by atoms with E-state index in [-0.39, 0.29) is 11.3 Å². The van der Waals surface area contributed by atoms with Crippen molar-refractivity contribution in [1.82, 2.24) is 15.0 Å². The van der Waals surface area contributed by atoms with Gasteiger partial charge in [-0.2, -0.15) is 15.0 Å². The molecule has 0 spiro atoms. The van der Waals surface area contributed by atoms with Crippen LogP contribution in [-0.4, -0.2) is 28.0 Å². The van der Waals surface area contributed by atoms with Crippen molar-refractivity contribution in [2.24, 2.45) is 0 Å². The van der Waals surface area contributed by atoms with Crippen molar-refractivity contribution in [3.8, 4) is 6.01 Å². The van der Waals surface area contributed by atoms with Crippen LogP contribution in [0.25, 0.3) is 0 Å². The van der Waals surface area contributed by atoms with Crippen molar-refractivity contribution in [1.29, 1.82) is 0 Å². The summed E-state index contributed by atoms with van der Waals surface area (Å²) in [5.41, 5.74) is 1.02. The summed E-state index contributed by atoms with van der Waals surface area (Å²) in [6.45, 7) is 2.27. The first-order chi connectivity index (χ1) is 10.2. The van der Waals surface area contributed by atoms with Crippen molar-refractivity contribution in [3.63, 3.8) is 0 Å². The Morgan fingerprint density at radius 1 is 1.14 bits per heavy atom. The van der Waals surface area contributed by atoms with E-state index in [1.165, 1.54) is 0 Å². The summed E-state index contributed by atoms with van der Waals surface area (Å²) in [6.07, 6.45) is 2.30. The maximum atomic E-state index is 5.96. The van der Waals surface area contributed by atoms with Gasteiger partial charge in [0.1, 0.15) is 6.61 Å². The molecule has 7 heteroatoms. The van der Waals surface area contributed by atoms with Gasteiger partial charge in [-0.15, -0.1) is 0 Å². The van der Waals surface area contributed by atoms with Gasteiger partial charge in [0.15, 0.2) is 0 Å². The standard InChI is InChI=1S/C14H14BrClN4O/c15-11-6-2-1-5-10(11)9-21-14-18-12(16)17-13(19-14)20-7-3-4-8-20/h1-2,5-6H,3-4,7-9H2. The summed E-state index contributed by atoms with van der Waals surface area (Å²) < 4.78 is 6.64. The Balaban J connectivity index is 1.74. The number of ether oxygens (including phenoxy) is 1. The van der Waals surface area contributed by atoms with Gasteiger partial charge in [0.05, 0.1) is 0 Å². The molecule has 0 unspecified atom stereocenters. The fourth-order valence-electron chi connectivity index (χ4n) is 2.20. The second-order valence-electron chi connectivity index (χ2n) is 4.76. The molecule has 2 heterocycles. The monoisotopic (exact) mass is 368 g/mol. The number of rotatable bonds is 4. The molecule has 110 valence electrons. The fraction of sp³-hybridized carbons (Fsp3) is 0.357. The van der Waals surface area contributed by atoms with E-state index in [1.54, 1.807) is 0 Å². The molecule has 3 rings (SSSR count). The summed E-state index contributed by atoms with van der Waals surface area (Å²) in [7, 11) is 0. The molecule has 1 aromatic carbocycles. The first-order valence-electron chi connectivity index (χ1n) is 6.75. The number of halogens is 2. The fourth-order valence-corrected chi connectivity index (χ4v) is 2.75. The smallest absolute Gasteiger partial charge is 0.322 e. The molecule has 1 aliphatic heterocycles. The van der Waals surface area contributed by atoms with Gasteiger partial charge in [0, 0.05) is 23.1 Å². The Bertz CT molecular complexity index is 634. The normalized spacial score (nSPS) is 14.5. The van der Waals surface area contributed by atoms with Crippen LogP contribution >= 0.6 is 27.5 Å². The molecular weight excluding hydrogens is 356 g/mol. The molecule has 21 heavy (non-hydrogen) atoms. The second kappa shape index (κ2) is 6.58. The summed E-state index contributed by atoms with van der Waals surface area (Å²) >= 11 is 9.45. The van der Waals surface area contributed by atoms with Gasteiger partial charge in [-0.25, -0.2) is 0 Å². The van der Waals surface area contributed by atoms with Gasteiger partial charge in [-0.3, -0.25) is 0 Å². The van der Waals surface area contributed by atoms with E-state index in [0.29, 0.717) is 12.6 Å². The molecular formula is C14H14BrClN4O. The molecule has 2 aromatic rings. The van der Waals surface area contributed by atoms with Gasteiger partial charge < -0.3 is 9.64 Å². The largest absolute Gasteiger partial charge is 0.458 e. The molecule has 1 fully saturated rings. The van der Waals surface area contributed by atoms with Gasteiger partial charge in [-0.1, -0.05) is 34.1 Å². The molecule has 1 aliphatic rings. The van der Waals surface area contributed by atoms with Crippen LogP contribution in [0.2, 0.25) is 5.28 Å². The van der Waals surface area contributed by atoms with Crippen LogP contribution in [0.4, 0.5) is 5.95 Å². The number of nitrogens with zero attached hydrogens (tertiary/aromatic N) is 4. The van der Waals surface area contributed by atoms with Crippen LogP contribution in [0.3, 0.4) is 0 Å². The quantitative estimate of drug-likeness (QED) is 0.826. The molecule has 1 aromatic heterocycles. The summed E-state index contributed by atoms with van der Waals surface area (Å²) in [6, 6.07) is 8.12. The molecule has 0 atom stereocenters. The van der Waals surface area contributed by atoms with Crippen LogP contribution in [0.1, 0.15) is 18.4 Å². The van der Waals surface area contributed by atoms with E-state index in [1.807, 2.05) is 24.3 Å². The number of aromatic nitrogens is 3. The molecule has 1 saturated heterocycles. The first-order valence-corrected chi connectivity index (χ1v) is 7.92. The van der Waals surface area contributed by atoms with Crippen molar-refractivity contribution in [2.75, 3.05) is 18.0 Å². The highest BCUT2D eigenvalue weighted by Crippen LogP contribution is 2.21. The van der Waals surface area contributed by atoms with Gasteiger partial charge in [0.2, 0.25) is 11.2 Å². The highest BCUT2D eigenvalue weighted by Gasteiger charge is 2.17. The maximum absolute atomic E-state index is 5.96. The summed E-state index contributed by atoms with van der Waals surface area (Å²) in [5.74, 6) is 0.592. The number of hydrogen-bond donors (Lipinski definition) is 0. The summed E-state index contributed by atoms with van der Waals surface area (Å²) in [5, 5.41) is 0.161. The minimum atomic E-state index is 0.161. The zero-order valence-electron chi connectivity index (χ0n) is 11.3. The zero-order chi connectivity index (χ0) is 14.7. The highest BCUT2D eigenvalue weighted by molar-refractivity contribution is 9.10. The Morgan fingerprint density at radius 3 is 2.67 bits per heavy atom. The maximum Gasteiger partial charge on any atom is 0.322 e. The Kier molecular flexibility index (Phi) is 4.55. The van der Waals surface area contributed by atoms with Crippen LogP contribution in [0.15, 0.2) is 28.7 Å². The molecule has 0 radical (unpaired) electrons. The van der Waals surface area contributed by atoms with E-state index in [0.717, 1.165) is 36.0 Å². The third-order valence-corrected chi connectivity index (χ3v) is 4.22. The van der Waals surface area contributed by atoms with Crippen molar-refractivity contribution >= 4 is 33.5 Å². The van der Waals surface area contributed by atoms with Gasteiger partial charge in [-0.05, 0) is 30.5 Å². The molecule has 0 bridgehead atoms. The lowest BCUT2D eigenvalue weighted by molar-refractivity contribution is 0.279. The van der Waals surface area contributed by atoms with Crippen LogP contribution < -0.4 is 9.64 Å². The number of anilines is 1. The van der Waals surface area contributed by atoms with E-state index in [2.05, 4.69) is 35.8 Å². The predicted molar refractivity (Wildman–Crippen MR) is 84.8 cm³/mol. The molecule has 0 saturated carbocycles. The van der Waals surface area contributed by atoms with Crippen molar-refractivity contribution in [2.45, 2.75) is 19.4 Å². The van der Waals surface area contributed by atoms with Crippen LogP contribution in [0.5, 0.6) is 6.01 Å². The SMILES string of the molecule is Clc1nc(OCc2ccccc2Br)nc(N2CCCC2)n1. The van der Waals surface area contributed by atoms with Crippen LogP contribution in [0, 0.1) is 0 Å². The minimum absolute atomic E-state index is 0.161. The summed E-state index contributed by atoms with van der Waals surface area (Å²) in [4.78, 5) is 14.6. The highest BCUT2D eigenvalue weighted by atomic mass is 79.9. The predicted octanol–water partition coefficient (Wildman–Crippen LogP) is 3.47. The van der Waals surface area contributed by atoms with Gasteiger partial charge in [0.25, 0.3) is 0 Å². The number of hydrogen-bond acceptors (Lipinski definition) is 5. The topological polar surface area (TPSA) is 51.1 Å². The lowest BCUT2D eigenvalue weighted by Crippen LogP contribution is -2.21. The van der Waals surface area contributed by atoms with Gasteiger partial charge >= 0.3 is 6.01 Å². The minimum Gasteiger partial charge on any atom is -0.458 e. The average Bonchev–Trinajstić information content (AvgIpc) is 3.00. The third kappa shape index (κ3) is 3.63. The van der Waals surface area contributed by atoms with E-state index < -0.39 is 0 Å². The molecule has 0 N–H and O–H groups in total. The molecule has 0 amide bonds. The Hall–Kier alpha value is -1.40. The lowest BCUT2D eigenvalue weighted by Gasteiger charge is -2.15. The first kappa shape index (κ1) is 14.5. The number of benzene rings is 1. The zero-order valence-corrected chi connectivity index (χ0v) is 13.6. The van der Waals surface area contributed by atoms with Crippen molar-refractivity contribution < 1.29 is 4.74 Å².